The number of rotatable bonds is 6. The molecule has 4 rings (SSSR count). The van der Waals surface area contributed by atoms with Crippen LogP contribution in [0.25, 0.3) is 6.08 Å². The second-order valence-electron chi connectivity index (χ2n) is 8.19. The molecule has 0 saturated carbocycles. The summed E-state index contributed by atoms with van der Waals surface area (Å²) in [4.78, 5) is 4.23. The van der Waals surface area contributed by atoms with E-state index in [9.17, 15) is 0 Å². The molecule has 1 atom stereocenters. The second-order valence-corrected chi connectivity index (χ2v) is 8.19. The lowest BCUT2D eigenvalue weighted by atomic mass is 10.0. The Hall–Kier alpha value is -3.66. The first-order valence-electron chi connectivity index (χ1n) is 10.6. The Morgan fingerprint density at radius 3 is 1.87 bits per heavy atom. The van der Waals surface area contributed by atoms with Crippen LogP contribution in [0.1, 0.15) is 17.2 Å². The van der Waals surface area contributed by atoms with Crippen LogP contribution in [-0.2, 0) is 0 Å². The predicted molar refractivity (Wildman–Crippen MR) is 133 cm³/mol. The lowest BCUT2D eigenvalue weighted by Gasteiger charge is -2.27. The summed E-state index contributed by atoms with van der Waals surface area (Å²) in [7, 11) is 8.25. The Balaban J connectivity index is 1.60. The zero-order valence-corrected chi connectivity index (χ0v) is 18.7. The van der Waals surface area contributed by atoms with Gasteiger partial charge in [-0.1, -0.05) is 48.5 Å². The molecule has 1 aliphatic heterocycles. The summed E-state index contributed by atoms with van der Waals surface area (Å²) >= 11 is 0. The van der Waals surface area contributed by atoms with Crippen LogP contribution >= 0.6 is 0 Å². The normalized spacial score (nSPS) is 15.7. The Morgan fingerprint density at radius 2 is 1.29 bits per heavy atom. The van der Waals surface area contributed by atoms with Crippen molar-refractivity contribution in [2.24, 2.45) is 0 Å². The van der Waals surface area contributed by atoms with Gasteiger partial charge in [0.1, 0.15) is 0 Å². The summed E-state index contributed by atoms with van der Waals surface area (Å²) in [6.07, 6.45) is 6.58. The molecule has 1 unspecified atom stereocenters. The van der Waals surface area contributed by atoms with Crippen LogP contribution in [0.2, 0.25) is 0 Å². The number of anilines is 3. The van der Waals surface area contributed by atoms with E-state index in [2.05, 4.69) is 139 Å². The van der Waals surface area contributed by atoms with Gasteiger partial charge in [0.05, 0.1) is 17.4 Å². The molecule has 0 spiro atoms. The van der Waals surface area contributed by atoms with E-state index in [1.54, 1.807) is 0 Å². The number of nitrogens with one attached hydrogen (secondary N) is 1. The standard InChI is InChI=1S/C27H30N4/c1-29(2)24-16-11-21(12-17-24)10-15-23-20-27(22-13-18-25(19-14-22)30(3)4)31(28-23)26-8-6-5-7-9-26/h5-20,27-28H,1-4H3. The first-order valence-corrected chi connectivity index (χ1v) is 10.6. The van der Waals surface area contributed by atoms with Gasteiger partial charge >= 0.3 is 0 Å². The molecular weight excluding hydrogens is 380 g/mol. The maximum atomic E-state index is 3.58. The zero-order valence-electron chi connectivity index (χ0n) is 18.7. The van der Waals surface area contributed by atoms with Gasteiger partial charge in [-0.25, -0.2) is 0 Å². The van der Waals surface area contributed by atoms with E-state index < -0.39 is 0 Å². The topological polar surface area (TPSA) is 21.8 Å². The van der Waals surface area contributed by atoms with Crippen LogP contribution in [-0.4, -0.2) is 28.2 Å². The first-order chi connectivity index (χ1) is 15.0. The fourth-order valence-corrected chi connectivity index (χ4v) is 3.68. The summed E-state index contributed by atoms with van der Waals surface area (Å²) in [6, 6.07) is 27.9. The molecule has 3 aromatic carbocycles. The summed E-state index contributed by atoms with van der Waals surface area (Å²) in [5.41, 5.74) is 10.6. The minimum atomic E-state index is 0.120. The van der Waals surface area contributed by atoms with Crippen molar-refractivity contribution in [1.82, 2.24) is 5.43 Å². The molecule has 31 heavy (non-hydrogen) atoms. The third-order valence-electron chi connectivity index (χ3n) is 5.52. The number of hydrogen-bond donors (Lipinski definition) is 1. The predicted octanol–water partition coefficient (Wildman–Crippen LogP) is 5.48. The van der Waals surface area contributed by atoms with Crippen molar-refractivity contribution in [1.29, 1.82) is 0 Å². The van der Waals surface area contributed by atoms with Crippen LogP contribution in [0.4, 0.5) is 17.1 Å². The smallest absolute Gasteiger partial charge is 0.0958 e. The number of benzene rings is 3. The molecule has 3 aromatic rings. The van der Waals surface area contributed by atoms with Gasteiger partial charge in [-0.05, 0) is 59.7 Å². The number of hydrazine groups is 1. The minimum absolute atomic E-state index is 0.120. The molecule has 0 fully saturated rings. The van der Waals surface area contributed by atoms with Gasteiger partial charge in [0.25, 0.3) is 0 Å². The molecule has 158 valence electrons. The third kappa shape index (κ3) is 4.75. The molecule has 1 N–H and O–H groups in total. The number of allylic oxidation sites excluding steroid dienone is 1. The molecule has 0 bridgehead atoms. The second kappa shape index (κ2) is 9.00. The number of nitrogens with zero attached hydrogens (tertiary/aromatic N) is 3. The molecule has 0 saturated heterocycles. The Kier molecular flexibility index (Phi) is 5.99. The van der Waals surface area contributed by atoms with Gasteiger partial charge in [-0.3, -0.25) is 10.4 Å². The number of para-hydroxylation sites is 1. The van der Waals surface area contributed by atoms with E-state index >= 15 is 0 Å². The molecule has 1 heterocycles. The lowest BCUT2D eigenvalue weighted by molar-refractivity contribution is 0.709. The van der Waals surface area contributed by atoms with E-state index in [0.29, 0.717) is 0 Å². The van der Waals surface area contributed by atoms with Gasteiger partial charge < -0.3 is 9.80 Å². The molecule has 4 nitrogen and oxygen atoms in total. The van der Waals surface area contributed by atoms with E-state index in [4.69, 9.17) is 0 Å². The van der Waals surface area contributed by atoms with Crippen LogP contribution in [0.3, 0.4) is 0 Å². The van der Waals surface area contributed by atoms with Crippen LogP contribution in [0.15, 0.2) is 96.7 Å². The minimum Gasteiger partial charge on any atom is -0.378 e. The van der Waals surface area contributed by atoms with Crippen molar-refractivity contribution in [2.45, 2.75) is 6.04 Å². The average molecular weight is 411 g/mol. The Bertz CT molecular complexity index is 1050. The molecule has 1 aliphatic rings. The maximum absolute atomic E-state index is 3.58. The molecule has 4 heteroatoms. The van der Waals surface area contributed by atoms with Crippen LogP contribution in [0, 0.1) is 0 Å². The third-order valence-corrected chi connectivity index (χ3v) is 5.52. The summed E-state index contributed by atoms with van der Waals surface area (Å²) in [5.74, 6) is 0. The summed E-state index contributed by atoms with van der Waals surface area (Å²) in [5, 5.41) is 2.22. The highest BCUT2D eigenvalue weighted by Crippen LogP contribution is 2.33. The van der Waals surface area contributed by atoms with Crippen molar-refractivity contribution >= 4 is 23.1 Å². The van der Waals surface area contributed by atoms with E-state index in [1.807, 2.05) is 6.07 Å². The van der Waals surface area contributed by atoms with Crippen molar-refractivity contribution in [3.05, 3.63) is 108 Å². The van der Waals surface area contributed by atoms with Gasteiger partial charge in [0, 0.05) is 39.6 Å². The lowest BCUT2D eigenvalue weighted by Crippen LogP contribution is -2.34. The van der Waals surface area contributed by atoms with Crippen molar-refractivity contribution < 1.29 is 0 Å². The SMILES string of the molecule is CN(C)c1ccc(C=CC2=CC(c3ccc(N(C)C)cc3)N(c3ccccc3)N2)cc1. The fourth-order valence-electron chi connectivity index (χ4n) is 3.68. The quantitative estimate of drug-likeness (QED) is 0.581. The summed E-state index contributed by atoms with van der Waals surface area (Å²) in [6.45, 7) is 0. The Morgan fingerprint density at radius 1 is 0.710 bits per heavy atom. The highest BCUT2D eigenvalue weighted by molar-refractivity contribution is 5.60. The largest absolute Gasteiger partial charge is 0.378 e. The van der Waals surface area contributed by atoms with Gasteiger partial charge in [0.15, 0.2) is 0 Å². The summed E-state index contributed by atoms with van der Waals surface area (Å²) < 4.78 is 0. The monoisotopic (exact) mass is 410 g/mol. The highest BCUT2D eigenvalue weighted by atomic mass is 15.5. The highest BCUT2D eigenvalue weighted by Gasteiger charge is 2.25. The van der Waals surface area contributed by atoms with E-state index in [0.717, 1.165) is 11.4 Å². The molecular formula is C27H30N4. The molecule has 0 amide bonds. The molecule has 0 aromatic heterocycles. The number of hydrogen-bond acceptors (Lipinski definition) is 4. The maximum Gasteiger partial charge on any atom is 0.0958 e. The molecule has 0 aliphatic carbocycles. The van der Waals surface area contributed by atoms with Gasteiger partial charge in [-0.2, -0.15) is 0 Å². The zero-order chi connectivity index (χ0) is 21.8. The van der Waals surface area contributed by atoms with E-state index in [-0.39, 0.29) is 6.04 Å². The van der Waals surface area contributed by atoms with Crippen LogP contribution in [0.5, 0.6) is 0 Å². The van der Waals surface area contributed by atoms with Gasteiger partial charge in [0.2, 0.25) is 0 Å². The van der Waals surface area contributed by atoms with Crippen LogP contribution < -0.4 is 20.2 Å². The van der Waals surface area contributed by atoms with Crippen molar-refractivity contribution in [3.63, 3.8) is 0 Å². The van der Waals surface area contributed by atoms with E-state index in [1.165, 1.54) is 22.5 Å². The average Bonchev–Trinajstić information content (AvgIpc) is 3.23. The van der Waals surface area contributed by atoms with Crippen molar-refractivity contribution in [2.75, 3.05) is 43.0 Å². The fraction of sp³-hybridized carbons (Fsp3) is 0.185. The molecule has 0 radical (unpaired) electrons. The Labute approximate surface area is 185 Å². The van der Waals surface area contributed by atoms with Crippen molar-refractivity contribution in [3.8, 4) is 0 Å². The first kappa shape index (κ1) is 20.6. The van der Waals surface area contributed by atoms with Gasteiger partial charge in [-0.15, -0.1) is 0 Å².